The van der Waals surface area contributed by atoms with E-state index in [2.05, 4.69) is 44.6 Å². The molecule has 1 amide bonds. The maximum absolute atomic E-state index is 12.6. The molecule has 6 heteroatoms. The highest BCUT2D eigenvalue weighted by molar-refractivity contribution is 14.1. The van der Waals surface area contributed by atoms with Crippen LogP contribution in [0.4, 0.5) is 0 Å². The number of hydrogen-bond acceptors (Lipinski definition) is 3. The van der Waals surface area contributed by atoms with Crippen LogP contribution in [0.25, 0.3) is 0 Å². The van der Waals surface area contributed by atoms with E-state index in [1.807, 2.05) is 29.4 Å². The molecule has 0 saturated carbocycles. The third-order valence-corrected chi connectivity index (χ3v) is 6.26. The maximum Gasteiger partial charge on any atom is 0.255 e. The zero-order chi connectivity index (χ0) is 14.8. The standard InChI is InChI=1S/C14H14BrIN2OS/c1-20-14(9-17)4-6-18(7-5-14)13(19)11-8-10(16)2-3-12(11)15/h2-3,8H,4-7H2,1H3. The fraction of sp³-hybridized carbons (Fsp3) is 0.429. The van der Waals surface area contributed by atoms with Crippen LogP contribution in [0.3, 0.4) is 0 Å². The Bertz CT molecular complexity index is 565. The van der Waals surface area contributed by atoms with Crippen molar-refractivity contribution in [3.8, 4) is 6.07 Å². The number of carbonyl (C=O) groups excluding carboxylic acids is 1. The molecule has 1 saturated heterocycles. The number of nitrogens with zero attached hydrogens (tertiary/aromatic N) is 2. The molecule has 0 bridgehead atoms. The number of halogens is 2. The number of rotatable bonds is 2. The molecule has 1 fully saturated rings. The minimum absolute atomic E-state index is 0.0445. The second-order valence-corrected chi connectivity index (χ2v) is 8.02. The van der Waals surface area contributed by atoms with E-state index in [-0.39, 0.29) is 10.7 Å². The molecule has 3 nitrogen and oxygen atoms in total. The van der Waals surface area contributed by atoms with Crippen LogP contribution in [-0.4, -0.2) is 34.9 Å². The molecule has 0 aromatic heterocycles. The van der Waals surface area contributed by atoms with Crippen LogP contribution in [0.15, 0.2) is 22.7 Å². The minimum Gasteiger partial charge on any atom is -0.338 e. The highest BCUT2D eigenvalue weighted by atomic mass is 127. The summed E-state index contributed by atoms with van der Waals surface area (Å²) in [6.07, 6.45) is 3.44. The van der Waals surface area contributed by atoms with Crippen molar-refractivity contribution in [3.63, 3.8) is 0 Å². The number of likely N-dealkylation sites (tertiary alicyclic amines) is 1. The smallest absolute Gasteiger partial charge is 0.255 e. The van der Waals surface area contributed by atoms with Crippen molar-refractivity contribution >= 4 is 56.2 Å². The summed E-state index contributed by atoms with van der Waals surface area (Å²) in [5.41, 5.74) is 0.700. The summed E-state index contributed by atoms with van der Waals surface area (Å²) in [5.74, 6) is 0.0445. The molecule has 1 aromatic carbocycles. The molecule has 1 aromatic rings. The van der Waals surface area contributed by atoms with Crippen LogP contribution in [-0.2, 0) is 0 Å². The van der Waals surface area contributed by atoms with Gasteiger partial charge in [-0.25, -0.2) is 0 Å². The highest BCUT2D eigenvalue weighted by Gasteiger charge is 2.35. The Kier molecular flexibility index (Phi) is 5.37. The van der Waals surface area contributed by atoms with Gasteiger partial charge in [0.1, 0.15) is 4.75 Å². The van der Waals surface area contributed by atoms with Gasteiger partial charge in [0.15, 0.2) is 0 Å². The van der Waals surface area contributed by atoms with E-state index in [1.165, 1.54) is 0 Å². The molecule has 106 valence electrons. The Morgan fingerprint density at radius 2 is 2.15 bits per heavy atom. The first-order valence-electron chi connectivity index (χ1n) is 6.22. The average Bonchev–Trinajstić information content (AvgIpc) is 2.49. The second kappa shape index (κ2) is 6.67. The lowest BCUT2D eigenvalue weighted by Gasteiger charge is -2.36. The number of thioether (sulfide) groups is 1. The molecule has 0 atom stereocenters. The number of hydrogen-bond donors (Lipinski definition) is 0. The Hall–Kier alpha value is -0.260. The van der Waals surface area contributed by atoms with Gasteiger partial charge in [0.05, 0.1) is 11.6 Å². The molecule has 20 heavy (non-hydrogen) atoms. The van der Waals surface area contributed by atoms with Gasteiger partial charge in [0.25, 0.3) is 5.91 Å². The topological polar surface area (TPSA) is 44.1 Å². The van der Waals surface area contributed by atoms with Crippen molar-refractivity contribution in [1.82, 2.24) is 4.90 Å². The lowest BCUT2D eigenvalue weighted by molar-refractivity contribution is 0.0715. The van der Waals surface area contributed by atoms with Gasteiger partial charge in [0, 0.05) is 21.1 Å². The van der Waals surface area contributed by atoms with Crippen molar-refractivity contribution < 1.29 is 4.79 Å². The summed E-state index contributed by atoms with van der Waals surface area (Å²) in [6.45, 7) is 1.29. The predicted octanol–water partition coefficient (Wildman–Crippen LogP) is 3.92. The van der Waals surface area contributed by atoms with Crippen LogP contribution in [0.1, 0.15) is 23.2 Å². The Labute approximate surface area is 145 Å². The number of carbonyl (C=O) groups is 1. The summed E-state index contributed by atoms with van der Waals surface area (Å²) < 4.78 is 1.55. The Morgan fingerprint density at radius 1 is 1.50 bits per heavy atom. The molecule has 1 aliphatic rings. The molecular weight excluding hydrogens is 451 g/mol. The van der Waals surface area contributed by atoms with Gasteiger partial charge in [-0.3, -0.25) is 4.79 Å². The SMILES string of the molecule is CSC1(C#N)CCN(C(=O)c2cc(I)ccc2Br)CC1. The summed E-state index contributed by atoms with van der Waals surface area (Å²) >= 11 is 7.24. The Balaban J connectivity index is 2.13. The van der Waals surface area contributed by atoms with E-state index in [0.29, 0.717) is 18.7 Å². The molecule has 0 aliphatic carbocycles. The van der Waals surface area contributed by atoms with E-state index in [9.17, 15) is 10.1 Å². The molecule has 0 unspecified atom stereocenters. The molecular formula is C14H14BrIN2OS. The maximum atomic E-state index is 12.6. The number of piperidine rings is 1. The van der Waals surface area contributed by atoms with Crippen molar-refractivity contribution in [1.29, 1.82) is 5.26 Å². The van der Waals surface area contributed by atoms with E-state index < -0.39 is 0 Å². The van der Waals surface area contributed by atoms with Crippen molar-refractivity contribution in [2.45, 2.75) is 17.6 Å². The first kappa shape index (κ1) is 16.1. The van der Waals surface area contributed by atoms with Crippen LogP contribution in [0.5, 0.6) is 0 Å². The molecule has 1 aliphatic heterocycles. The van der Waals surface area contributed by atoms with Crippen molar-refractivity contribution in [2.75, 3.05) is 19.3 Å². The predicted molar refractivity (Wildman–Crippen MR) is 93.9 cm³/mol. The van der Waals surface area contributed by atoms with E-state index >= 15 is 0 Å². The van der Waals surface area contributed by atoms with Crippen molar-refractivity contribution in [2.24, 2.45) is 0 Å². The second-order valence-electron chi connectivity index (χ2n) is 4.73. The average molecular weight is 465 g/mol. The molecule has 0 spiro atoms. The minimum atomic E-state index is -0.320. The summed E-state index contributed by atoms with van der Waals surface area (Å²) in [4.78, 5) is 14.4. The number of benzene rings is 1. The normalized spacial score (nSPS) is 17.6. The third kappa shape index (κ3) is 3.31. The molecule has 0 radical (unpaired) electrons. The zero-order valence-electron chi connectivity index (χ0n) is 11.0. The fourth-order valence-corrected chi connectivity index (χ4v) is 3.85. The zero-order valence-corrected chi connectivity index (χ0v) is 15.6. The first-order valence-corrected chi connectivity index (χ1v) is 9.32. The molecule has 0 N–H and O–H groups in total. The van der Waals surface area contributed by atoms with Gasteiger partial charge in [-0.05, 0) is 75.8 Å². The van der Waals surface area contributed by atoms with Crippen LogP contribution >= 0.6 is 50.3 Å². The largest absolute Gasteiger partial charge is 0.338 e. The quantitative estimate of drug-likeness (QED) is 0.623. The van der Waals surface area contributed by atoms with Gasteiger partial charge in [-0.2, -0.15) is 5.26 Å². The Morgan fingerprint density at radius 3 is 2.70 bits per heavy atom. The lowest BCUT2D eigenvalue weighted by Crippen LogP contribution is -2.44. The van der Waals surface area contributed by atoms with E-state index in [4.69, 9.17) is 0 Å². The van der Waals surface area contributed by atoms with Gasteiger partial charge >= 0.3 is 0 Å². The third-order valence-electron chi connectivity index (χ3n) is 3.61. The van der Waals surface area contributed by atoms with Crippen molar-refractivity contribution in [3.05, 3.63) is 31.8 Å². The fourth-order valence-electron chi connectivity index (χ4n) is 2.26. The summed E-state index contributed by atoms with van der Waals surface area (Å²) in [5, 5.41) is 9.28. The highest BCUT2D eigenvalue weighted by Crippen LogP contribution is 2.34. The number of nitriles is 1. The first-order chi connectivity index (χ1) is 9.51. The van der Waals surface area contributed by atoms with Gasteiger partial charge in [-0.15, -0.1) is 11.8 Å². The summed E-state index contributed by atoms with van der Waals surface area (Å²) in [6, 6.07) is 8.17. The van der Waals surface area contributed by atoms with E-state index in [0.717, 1.165) is 20.9 Å². The summed E-state index contributed by atoms with van der Waals surface area (Å²) in [7, 11) is 0. The lowest BCUT2D eigenvalue weighted by atomic mass is 9.96. The van der Waals surface area contributed by atoms with Crippen LogP contribution in [0.2, 0.25) is 0 Å². The monoisotopic (exact) mass is 464 g/mol. The number of amides is 1. The molecule has 2 rings (SSSR count). The molecule has 1 heterocycles. The van der Waals surface area contributed by atoms with Gasteiger partial charge in [0.2, 0.25) is 0 Å². The van der Waals surface area contributed by atoms with Crippen LogP contribution in [0, 0.1) is 14.9 Å². The van der Waals surface area contributed by atoms with Gasteiger partial charge in [-0.1, -0.05) is 0 Å². The van der Waals surface area contributed by atoms with Gasteiger partial charge < -0.3 is 4.90 Å². The van der Waals surface area contributed by atoms with E-state index in [1.54, 1.807) is 11.8 Å². The van der Waals surface area contributed by atoms with Crippen LogP contribution < -0.4 is 0 Å².